The predicted molar refractivity (Wildman–Crippen MR) is 132 cm³/mol. The van der Waals surface area contributed by atoms with Crippen LogP contribution in [-0.4, -0.2) is 23.2 Å². The topological polar surface area (TPSA) is 38.8 Å². The van der Waals surface area contributed by atoms with Crippen LogP contribution in [0, 0.1) is 11.3 Å². The molecule has 2 aliphatic rings. The summed E-state index contributed by atoms with van der Waals surface area (Å²) in [4.78, 5) is 19.8. The van der Waals surface area contributed by atoms with Gasteiger partial charge in [-0.05, 0) is 81.5 Å². The molecule has 0 aromatic heterocycles. The van der Waals surface area contributed by atoms with Crippen LogP contribution in [0.1, 0.15) is 89.2 Å². The molecule has 2 aromatic rings. The molecule has 1 aliphatic heterocycles. The first kappa shape index (κ1) is 24.0. The van der Waals surface area contributed by atoms with Crippen molar-refractivity contribution in [2.75, 3.05) is 0 Å². The minimum absolute atomic E-state index is 0.158. The average molecular weight is 450 g/mol. The van der Waals surface area contributed by atoms with Crippen LogP contribution in [0.5, 0.6) is 0 Å². The number of rotatable bonds is 4. The Hall–Kier alpha value is -2.17. The maximum atomic E-state index is 13.0. The lowest BCUT2D eigenvalue weighted by Crippen LogP contribution is -2.52. The zero-order valence-corrected chi connectivity index (χ0v) is 21.2. The first-order valence-corrected chi connectivity index (χ1v) is 12.3. The molecular weight excluding hydrogens is 410 g/mol. The fourth-order valence-electron chi connectivity index (χ4n) is 5.78. The molecule has 33 heavy (non-hydrogen) atoms. The highest BCUT2D eigenvalue weighted by molar-refractivity contribution is 5.89. The number of esters is 1. The largest absolute Gasteiger partial charge is 0.456 e. The van der Waals surface area contributed by atoms with Gasteiger partial charge in [-0.15, -0.1) is 0 Å². The molecule has 1 aliphatic carbocycles. The Bertz CT molecular complexity index is 954. The third kappa shape index (κ3) is 4.48. The maximum Gasteiger partial charge on any atom is 0.338 e. The summed E-state index contributed by atoms with van der Waals surface area (Å²) >= 11 is 0. The number of hydrogen-bond acceptors (Lipinski definition) is 4. The van der Waals surface area contributed by atoms with E-state index in [2.05, 4.69) is 77.8 Å². The molecule has 2 aromatic carbocycles. The van der Waals surface area contributed by atoms with Crippen LogP contribution >= 0.6 is 0 Å². The van der Waals surface area contributed by atoms with E-state index in [1.54, 1.807) is 0 Å². The molecule has 3 atom stereocenters. The van der Waals surface area contributed by atoms with Gasteiger partial charge in [0.05, 0.1) is 16.6 Å². The number of carbonyl (C=O) groups excluding carboxylic acids is 1. The second kappa shape index (κ2) is 8.56. The van der Waals surface area contributed by atoms with E-state index in [-0.39, 0.29) is 34.7 Å². The Morgan fingerprint density at radius 3 is 1.94 bits per heavy atom. The molecule has 4 heteroatoms. The van der Waals surface area contributed by atoms with Gasteiger partial charge in [-0.2, -0.15) is 5.06 Å². The van der Waals surface area contributed by atoms with Gasteiger partial charge in [-0.1, -0.05) is 63.2 Å². The van der Waals surface area contributed by atoms with E-state index in [9.17, 15) is 4.79 Å². The molecular formula is C29H39NO3. The smallest absolute Gasteiger partial charge is 0.338 e. The molecule has 0 bridgehead atoms. The summed E-state index contributed by atoms with van der Waals surface area (Å²) in [6.45, 7) is 15.7. The third-order valence-corrected chi connectivity index (χ3v) is 7.73. The molecule has 4 nitrogen and oxygen atoms in total. The number of hydrogen-bond donors (Lipinski definition) is 0. The Morgan fingerprint density at radius 2 is 1.39 bits per heavy atom. The summed E-state index contributed by atoms with van der Waals surface area (Å²) in [6, 6.07) is 17.9. The van der Waals surface area contributed by atoms with Crippen LogP contribution in [-0.2, 0) is 20.7 Å². The van der Waals surface area contributed by atoms with Crippen LogP contribution < -0.4 is 0 Å². The zero-order chi connectivity index (χ0) is 24.0. The SMILES string of the molecule is CC(C)(C)[C@@H]1CC[C@@H](ON2C(C)(C)c3ccccc3C2(C)C)[C@H](OC(=O)c2ccccc2)C1. The third-order valence-electron chi connectivity index (χ3n) is 7.73. The van der Waals surface area contributed by atoms with Crippen molar-refractivity contribution in [3.8, 4) is 0 Å². The van der Waals surface area contributed by atoms with Crippen molar-refractivity contribution in [2.45, 2.75) is 91.0 Å². The lowest BCUT2D eigenvalue weighted by Gasteiger charge is -2.46. The van der Waals surface area contributed by atoms with Crippen LogP contribution in [0.15, 0.2) is 54.6 Å². The van der Waals surface area contributed by atoms with Crippen molar-refractivity contribution in [3.05, 3.63) is 71.3 Å². The van der Waals surface area contributed by atoms with E-state index in [1.807, 2.05) is 30.3 Å². The first-order chi connectivity index (χ1) is 15.4. The lowest BCUT2D eigenvalue weighted by atomic mass is 9.71. The molecule has 1 fully saturated rings. The van der Waals surface area contributed by atoms with E-state index in [1.165, 1.54) is 11.1 Å². The van der Waals surface area contributed by atoms with Gasteiger partial charge < -0.3 is 4.74 Å². The lowest BCUT2D eigenvalue weighted by molar-refractivity contribution is -0.308. The van der Waals surface area contributed by atoms with Crippen molar-refractivity contribution in [2.24, 2.45) is 11.3 Å². The molecule has 0 saturated heterocycles. The maximum absolute atomic E-state index is 13.0. The quantitative estimate of drug-likeness (QED) is 0.479. The summed E-state index contributed by atoms with van der Waals surface area (Å²) in [7, 11) is 0. The summed E-state index contributed by atoms with van der Waals surface area (Å²) in [5.74, 6) is 0.203. The van der Waals surface area contributed by atoms with Gasteiger partial charge in [0.2, 0.25) is 0 Å². The number of benzene rings is 2. The number of fused-ring (bicyclic) bond motifs is 1. The van der Waals surface area contributed by atoms with Gasteiger partial charge in [0.15, 0.2) is 0 Å². The monoisotopic (exact) mass is 449 g/mol. The summed E-state index contributed by atoms with van der Waals surface area (Å²) in [5, 5.41) is 2.15. The minimum Gasteiger partial charge on any atom is -0.456 e. The fraction of sp³-hybridized carbons (Fsp3) is 0.552. The molecule has 178 valence electrons. The van der Waals surface area contributed by atoms with Crippen molar-refractivity contribution < 1.29 is 14.4 Å². The van der Waals surface area contributed by atoms with Crippen molar-refractivity contribution >= 4 is 5.97 Å². The summed E-state index contributed by atoms with van der Waals surface area (Å²) < 4.78 is 6.15. The first-order valence-electron chi connectivity index (χ1n) is 12.3. The van der Waals surface area contributed by atoms with Gasteiger partial charge in [0, 0.05) is 0 Å². The highest BCUT2D eigenvalue weighted by Crippen LogP contribution is 2.51. The molecule has 0 amide bonds. The predicted octanol–water partition coefficient (Wildman–Crippen LogP) is 6.84. The van der Waals surface area contributed by atoms with Crippen LogP contribution in [0.2, 0.25) is 0 Å². The van der Waals surface area contributed by atoms with Crippen molar-refractivity contribution in [1.82, 2.24) is 5.06 Å². The van der Waals surface area contributed by atoms with E-state index in [4.69, 9.17) is 9.57 Å². The van der Waals surface area contributed by atoms with Crippen LogP contribution in [0.4, 0.5) is 0 Å². The number of carbonyl (C=O) groups is 1. The Balaban J connectivity index is 1.60. The Kier molecular flexibility index (Phi) is 6.22. The van der Waals surface area contributed by atoms with E-state index in [0.29, 0.717) is 11.5 Å². The van der Waals surface area contributed by atoms with Gasteiger partial charge >= 0.3 is 5.97 Å². The second-order valence-electron chi connectivity index (χ2n) is 11.8. The van der Waals surface area contributed by atoms with Gasteiger partial charge in [0.25, 0.3) is 0 Å². The number of hydroxylamine groups is 2. The van der Waals surface area contributed by atoms with Crippen LogP contribution in [0.25, 0.3) is 0 Å². The molecule has 1 saturated carbocycles. The fourth-order valence-corrected chi connectivity index (χ4v) is 5.78. The molecule has 4 rings (SSSR count). The van der Waals surface area contributed by atoms with Crippen molar-refractivity contribution in [1.29, 1.82) is 0 Å². The summed E-state index contributed by atoms with van der Waals surface area (Å²) in [6.07, 6.45) is 2.28. The number of nitrogens with zero attached hydrogens (tertiary/aromatic N) is 1. The highest BCUT2D eigenvalue weighted by Gasteiger charge is 2.52. The van der Waals surface area contributed by atoms with Gasteiger partial charge in [-0.25, -0.2) is 4.79 Å². The number of ether oxygens (including phenoxy) is 1. The van der Waals surface area contributed by atoms with E-state index < -0.39 is 0 Å². The molecule has 0 unspecified atom stereocenters. The van der Waals surface area contributed by atoms with Crippen LogP contribution in [0.3, 0.4) is 0 Å². The highest BCUT2D eigenvalue weighted by atomic mass is 16.7. The molecule has 0 spiro atoms. The van der Waals surface area contributed by atoms with Gasteiger partial charge in [-0.3, -0.25) is 4.84 Å². The second-order valence-corrected chi connectivity index (χ2v) is 11.8. The van der Waals surface area contributed by atoms with Crippen molar-refractivity contribution in [3.63, 3.8) is 0 Å². The Labute approximate surface area is 199 Å². The van der Waals surface area contributed by atoms with E-state index >= 15 is 0 Å². The Morgan fingerprint density at radius 1 is 0.848 bits per heavy atom. The normalized spacial score (nSPS) is 26.6. The van der Waals surface area contributed by atoms with E-state index in [0.717, 1.165) is 19.3 Å². The average Bonchev–Trinajstić information content (AvgIpc) is 2.92. The molecule has 0 N–H and O–H groups in total. The molecule has 0 radical (unpaired) electrons. The standard InChI is InChI=1S/C29H39NO3/c1-27(2,3)21-17-18-24(25(19-21)32-26(31)20-13-9-8-10-14-20)33-30-28(4,5)22-15-11-12-16-23(22)29(30,6)7/h8-16,21,24-25H,17-19H2,1-7H3/t21-,24-,25-/m1/s1. The summed E-state index contributed by atoms with van der Waals surface area (Å²) in [5.41, 5.74) is 2.75. The van der Waals surface area contributed by atoms with Gasteiger partial charge in [0.1, 0.15) is 12.2 Å². The molecule has 1 heterocycles. The zero-order valence-electron chi connectivity index (χ0n) is 21.2. The minimum atomic E-state index is -0.286.